The summed E-state index contributed by atoms with van der Waals surface area (Å²) in [6, 6.07) is 3.83. The van der Waals surface area contributed by atoms with Gasteiger partial charge in [-0.05, 0) is 31.0 Å². The molecule has 33 heavy (non-hydrogen) atoms. The first-order valence-corrected chi connectivity index (χ1v) is 10.4. The van der Waals surface area contributed by atoms with Crippen molar-refractivity contribution in [1.29, 1.82) is 0 Å². The number of ether oxygens (including phenoxy) is 1. The second-order valence-corrected chi connectivity index (χ2v) is 7.72. The van der Waals surface area contributed by atoms with E-state index in [0.717, 1.165) is 16.8 Å². The van der Waals surface area contributed by atoms with Crippen LogP contribution in [0, 0.1) is 11.7 Å². The normalized spacial score (nSPS) is 11.7. The van der Waals surface area contributed by atoms with Crippen LogP contribution in [0.4, 0.5) is 15.8 Å². The van der Waals surface area contributed by atoms with Gasteiger partial charge in [0.05, 0.1) is 17.3 Å². The molecule has 0 bridgehead atoms. The highest BCUT2D eigenvalue weighted by Gasteiger charge is 2.27. The molecule has 0 radical (unpaired) electrons. The molecule has 1 unspecified atom stereocenters. The Morgan fingerprint density at radius 3 is 2.55 bits per heavy atom. The molecule has 12 heteroatoms. The van der Waals surface area contributed by atoms with E-state index in [1.807, 2.05) is 0 Å². The van der Waals surface area contributed by atoms with Crippen LogP contribution < -0.4 is 27.5 Å². The van der Waals surface area contributed by atoms with Crippen molar-refractivity contribution in [2.45, 2.75) is 26.8 Å². The largest absolute Gasteiger partial charge is 0.465 e. The molecule has 2 amide bonds. The fourth-order valence-electron chi connectivity index (χ4n) is 2.97. The number of hydrazine groups is 1. The van der Waals surface area contributed by atoms with Gasteiger partial charge >= 0.3 is 5.97 Å². The van der Waals surface area contributed by atoms with Crippen LogP contribution in [-0.2, 0) is 14.3 Å². The lowest BCUT2D eigenvalue weighted by atomic mass is 10.0. The number of benzene rings is 1. The minimum absolute atomic E-state index is 0.103. The van der Waals surface area contributed by atoms with Crippen molar-refractivity contribution >= 4 is 40.8 Å². The number of rotatable bonds is 9. The standard InChI is InChI=1S/C21H25ClFN5O5/c1-4-33-17(29)9-25-27-20(31)18(11(2)3)28-10-13(23)8-16(21(28)32)26-19(30)12-5-6-15(24)14(22)7-12/h5-8,10-11,18,25H,4,9,24H2,1-3H3,(H,26,30)(H,27,31). The van der Waals surface area contributed by atoms with Crippen LogP contribution >= 0.6 is 11.6 Å². The summed E-state index contributed by atoms with van der Waals surface area (Å²) in [6.07, 6.45) is 0.869. The number of nitrogens with one attached hydrogen (secondary N) is 3. The highest BCUT2D eigenvalue weighted by Crippen LogP contribution is 2.21. The zero-order valence-corrected chi connectivity index (χ0v) is 19.0. The lowest BCUT2D eigenvalue weighted by Gasteiger charge is -2.23. The van der Waals surface area contributed by atoms with Crippen molar-refractivity contribution in [2.75, 3.05) is 24.2 Å². The van der Waals surface area contributed by atoms with Gasteiger partial charge in [0.15, 0.2) is 0 Å². The zero-order valence-electron chi connectivity index (χ0n) is 18.3. The number of nitrogens with two attached hydrogens (primary N) is 1. The lowest BCUT2D eigenvalue weighted by Crippen LogP contribution is -2.47. The van der Waals surface area contributed by atoms with Gasteiger partial charge in [-0.25, -0.2) is 9.82 Å². The number of nitrogen functional groups attached to an aromatic ring is 1. The van der Waals surface area contributed by atoms with Crippen molar-refractivity contribution in [2.24, 2.45) is 5.92 Å². The van der Waals surface area contributed by atoms with E-state index in [2.05, 4.69) is 16.2 Å². The van der Waals surface area contributed by atoms with E-state index in [-0.39, 0.29) is 35.1 Å². The van der Waals surface area contributed by atoms with Crippen LogP contribution in [0.25, 0.3) is 0 Å². The quantitative estimate of drug-likeness (QED) is 0.243. The number of esters is 1. The van der Waals surface area contributed by atoms with Gasteiger partial charge in [-0.1, -0.05) is 25.4 Å². The Bertz CT molecular complexity index is 1100. The van der Waals surface area contributed by atoms with E-state index >= 15 is 0 Å². The van der Waals surface area contributed by atoms with E-state index < -0.39 is 41.1 Å². The molecule has 1 heterocycles. The van der Waals surface area contributed by atoms with E-state index in [4.69, 9.17) is 22.1 Å². The summed E-state index contributed by atoms with van der Waals surface area (Å²) in [7, 11) is 0. The molecule has 2 aromatic rings. The van der Waals surface area contributed by atoms with Crippen LogP contribution in [0.1, 0.15) is 37.2 Å². The summed E-state index contributed by atoms with van der Waals surface area (Å²) < 4.78 is 20.0. The first kappa shape index (κ1) is 25.8. The number of hydrogen-bond acceptors (Lipinski definition) is 7. The third kappa shape index (κ3) is 6.77. The summed E-state index contributed by atoms with van der Waals surface area (Å²) in [5.41, 5.74) is 9.55. The predicted octanol–water partition coefficient (Wildman–Crippen LogP) is 1.86. The van der Waals surface area contributed by atoms with Gasteiger partial charge in [0.1, 0.15) is 24.1 Å². The van der Waals surface area contributed by atoms with Crippen molar-refractivity contribution in [3.8, 4) is 0 Å². The van der Waals surface area contributed by atoms with Gasteiger partial charge in [0.2, 0.25) is 0 Å². The third-order valence-electron chi connectivity index (χ3n) is 4.47. The molecular formula is C21H25ClFN5O5. The Morgan fingerprint density at radius 2 is 1.94 bits per heavy atom. The smallest absolute Gasteiger partial charge is 0.321 e. The SMILES string of the molecule is CCOC(=O)CNNC(=O)C(C(C)C)n1cc(F)cc(NC(=O)c2ccc(N)c(Cl)c2)c1=O. The molecule has 5 N–H and O–H groups in total. The number of nitrogens with zero attached hydrogens (tertiary/aromatic N) is 1. The lowest BCUT2D eigenvalue weighted by molar-refractivity contribution is -0.142. The molecule has 0 aliphatic carbocycles. The Balaban J connectivity index is 2.28. The maximum absolute atomic E-state index is 14.4. The van der Waals surface area contributed by atoms with Crippen LogP contribution in [-0.4, -0.2) is 35.5 Å². The minimum Gasteiger partial charge on any atom is -0.465 e. The van der Waals surface area contributed by atoms with Crippen LogP contribution in [0.2, 0.25) is 5.02 Å². The van der Waals surface area contributed by atoms with Gasteiger partial charge < -0.3 is 15.8 Å². The summed E-state index contributed by atoms with van der Waals surface area (Å²) >= 11 is 5.92. The molecule has 1 atom stereocenters. The fourth-order valence-corrected chi connectivity index (χ4v) is 3.15. The topological polar surface area (TPSA) is 145 Å². The zero-order chi connectivity index (χ0) is 24.7. The number of halogens is 2. The minimum atomic E-state index is -1.15. The molecule has 178 valence electrons. The highest BCUT2D eigenvalue weighted by molar-refractivity contribution is 6.33. The van der Waals surface area contributed by atoms with Crippen molar-refractivity contribution in [1.82, 2.24) is 15.4 Å². The summed E-state index contributed by atoms with van der Waals surface area (Å²) in [5, 5.41) is 2.48. The maximum atomic E-state index is 14.4. The highest BCUT2D eigenvalue weighted by atomic mass is 35.5. The number of amides is 2. The van der Waals surface area contributed by atoms with Crippen LogP contribution in [0.5, 0.6) is 0 Å². The summed E-state index contributed by atoms with van der Waals surface area (Å²) in [4.78, 5) is 49.6. The van der Waals surface area contributed by atoms with Crippen LogP contribution in [0.3, 0.4) is 0 Å². The molecule has 0 saturated heterocycles. The summed E-state index contributed by atoms with van der Waals surface area (Å²) in [5.74, 6) is -3.29. The first-order chi connectivity index (χ1) is 15.5. The molecule has 1 aromatic carbocycles. The molecule has 0 aliphatic rings. The Morgan fingerprint density at radius 1 is 1.24 bits per heavy atom. The first-order valence-electron chi connectivity index (χ1n) is 10.0. The van der Waals surface area contributed by atoms with Crippen molar-refractivity contribution in [3.05, 3.63) is 57.2 Å². The van der Waals surface area contributed by atoms with Gasteiger partial charge in [0, 0.05) is 17.8 Å². The predicted molar refractivity (Wildman–Crippen MR) is 121 cm³/mol. The molecule has 0 spiro atoms. The van der Waals surface area contributed by atoms with Crippen LogP contribution in [0.15, 0.2) is 35.3 Å². The monoisotopic (exact) mass is 481 g/mol. The van der Waals surface area contributed by atoms with Crippen molar-refractivity contribution < 1.29 is 23.5 Å². The summed E-state index contributed by atoms with van der Waals surface area (Å²) in [6.45, 7) is 4.83. The van der Waals surface area contributed by atoms with Gasteiger partial charge in [-0.3, -0.25) is 29.2 Å². The number of anilines is 2. The molecule has 0 aliphatic heterocycles. The number of aromatic nitrogens is 1. The number of carbonyl (C=O) groups is 3. The van der Waals surface area contributed by atoms with E-state index in [9.17, 15) is 23.6 Å². The molecular weight excluding hydrogens is 457 g/mol. The Labute approximate surface area is 194 Å². The van der Waals surface area contributed by atoms with E-state index in [1.54, 1.807) is 20.8 Å². The third-order valence-corrected chi connectivity index (χ3v) is 4.80. The molecule has 2 rings (SSSR count). The van der Waals surface area contributed by atoms with Gasteiger partial charge in [-0.15, -0.1) is 0 Å². The Hall–Kier alpha value is -3.44. The van der Waals surface area contributed by atoms with E-state index in [0.29, 0.717) is 0 Å². The number of hydrogen-bond donors (Lipinski definition) is 4. The average molecular weight is 482 g/mol. The van der Waals surface area contributed by atoms with Gasteiger partial charge in [-0.2, -0.15) is 0 Å². The second-order valence-electron chi connectivity index (χ2n) is 7.31. The fraction of sp³-hybridized carbons (Fsp3) is 0.333. The molecule has 1 aromatic heterocycles. The number of carbonyl (C=O) groups excluding carboxylic acids is 3. The van der Waals surface area contributed by atoms with E-state index in [1.165, 1.54) is 18.2 Å². The van der Waals surface area contributed by atoms with Crippen molar-refractivity contribution in [3.63, 3.8) is 0 Å². The average Bonchev–Trinajstić information content (AvgIpc) is 2.73. The number of pyridine rings is 1. The van der Waals surface area contributed by atoms with Gasteiger partial charge in [0.25, 0.3) is 17.4 Å². The second kappa shape index (κ2) is 11.4. The Kier molecular flexibility index (Phi) is 8.94. The molecule has 10 nitrogen and oxygen atoms in total. The maximum Gasteiger partial charge on any atom is 0.321 e. The molecule has 0 fully saturated rings. The molecule has 0 saturated carbocycles.